The predicted octanol–water partition coefficient (Wildman–Crippen LogP) is 5.06. The highest BCUT2D eigenvalue weighted by atomic mass is 16.3. The van der Waals surface area contributed by atoms with Gasteiger partial charge in [-0.2, -0.15) is 0 Å². The predicted molar refractivity (Wildman–Crippen MR) is 127 cm³/mol. The largest absolute Gasteiger partial charge is 0.508 e. The molecule has 0 fully saturated rings. The van der Waals surface area contributed by atoms with Crippen LogP contribution in [0.5, 0.6) is 5.75 Å². The van der Waals surface area contributed by atoms with E-state index < -0.39 is 6.04 Å². The van der Waals surface area contributed by atoms with Crippen molar-refractivity contribution in [1.82, 2.24) is 4.90 Å². The van der Waals surface area contributed by atoms with Gasteiger partial charge in [0.15, 0.2) is 5.78 Å². The third-order valence-electron chi connectivity index (χ3n) is 5.74. The zero-order chi connectivity index (χ0) is 22.5. The zero-order valence-corrected chi connectivity index (χ0v) is 18.0. The van der Waals surface area contributed by atoms with Gasteiger partial charge in [0.05, 0.1) is 0 Å². The number of amides is 1. The van der Waals surface area contributed by atoms with Crippen molar-refractivity contribution in [3.8, 4) is 5.75 Å². The van der Waals surface area contributed by atoms with Crippen molar-refractivity contribution in [3.63, 3.8) is 0 Å². The van der Waals surface area contributed by atoms with Gasteiger partial charge in [-0.3, -0.25) is 14.5 Å². The van der Waals surface area contributed by atoms with Crippen molar-refractivity contribution in [1.29, 1.82) is 0 Å². The summed E-state index contributed by atoms with van der Waals surface area (Å²) in [6.45, 7) is 2.88. The fourth-order valence-corrected chi connectivity index (χ4v) is 4.05. The molecule has 0 aliphatic carbocycles. The number of benzene rings is 3. The van der Waals surface area contributed by atoms with Gasteiger partial charge in [0, 0.05) is 24.3 Å². The Morgan fingerprint density at radius 2 is 1.72 bits per heavy atom. The molecule has 4 rings (SSSR count). The topological polar surface area (TPSA) is 69.6 Å². The van der Waals surface area contributed by atoms with Crippen LogP contribution in [0.15, 0.2) is 84.9 Å². The van der Waals surface area contributed by atoms with Crippen LogP contribution < -0.4 is 5.32 Å². The van der Waals surface area contributed by atoms with Crippen molar-refractivity contribution in [2.24, 2.45) is 0 Å². The molecule has 0 bridgehead atoms. The summed E-state index contributed by atoms with van der Waals surface area (Å²) in [5, 5.41) is 12.5. The summed E-state index contributed by atoms with van der Waals surface area (Å²) in [4.78, 5) is 27.3. The van der Waals surface area contributed by atoms with Crippen LogP contribution in [-0.2, 0) is 4.79 Å². The molecular formula is C27H26N2O3. The number of rotatable bonds is 6. The molecule has 0 saturated carbocycles. The number of hydrogen-bond donors (Lipinski definition) is 2. The number of nitrogens with one attached hydrogen (secondary N) is 1. The van der Waals surface area contributed by atoms with E-state index in [1.165, 1.54) is 12.5 Å². The van der Waals surface area contributed by atoms with Crippen LogP contribution in [0.3, 0.4) is 0 Å². The highest BCUT2D eigenvalue weighted by Gasteiger charge is 2.29. The number of aromatic hydroxyl groups is 1. The molecule has 1 heterocycles. The third-order valence-corrected chi connectivity index (χ3v) is 5.74. The number of Topliss-reactive ketones (excluding diaryl/α,β-unsaturated/α-hetero) is 1. The van der Waals surface area contributed by atoms with E-state index in [9.17, 15) is 14.7 Å². The first-order valence-electron chi connectivity index (χ1n) is 10.7. The van der Waals surface area contributed by atoms with Crippen molar-refractivity contribution >= 4 is 23.0 Å². The fraction of sp³-hybridized carbons (Fsp3) is 0.185. The molecule has 1 aliphatic rings. The fourth-order valence-electron chi connectivity index (χ4n) is 4.05. The lowest BCUT2D eigenvalue weighted by Gasteiger charge is -2.33. The van der Waals surface area contributed by atoms with Crippen molar-refractivity contribution in [3.05, 3.63) is 102 Å². The molecule has 5 heteroatoms. The Labute approximate surface area is 188 Å². The molecule has 0 spiro atoms. The van der Waals surface area contributed by atoms with Crippen molar-refractivity contribution in [2.45, 2.75) is 19.4 Å². The van der Waals surface area contributed by atoms with E-state index in [0.29, 0.717) is 17.8 Å². The molecule has 1 aliphatic heterocycles. The summed E-state index contributed by atoms with van der Waals surface area (Å²) in [7, 11) is 0. The molecule has 3 aromatic rings. The number of phenols is 1. The van der Waals surface area contributed by atoms with Gasteiger partial charge >= 0.3 is 0 Å². The summed E-state index contributed by atoms with van der Waals surface area (Å²) in [5.41, 5.74) is 4.40. The van der Waals surface area contributed by atoms with E-state index in [1.54, 1.807) is 36.4 Å². The quantitative estimate of drug-likeness (QED) is 0.541. The number of carbonyl (C=O) groups excluding carboxylic acids is 2. The van der Waals surface area contributed by atoms with Crippen molar-refractivity contribution < 1.29 is 14.7 Å². The monoisotopic (exact) mass is 426 g/mol. The van der Waals surface area contributed by atoms with Crippen molar-refractivity contribution in [2.75, 3.05) is 18.4 Å². The molecule has 1 unspecified atom stereocenters. The van der Waals surface area contributed by atoms with E-state index in [1.807, 2.05) is 42.5 Å². The van der Waals surface area contributed by atoms with Gasteiger partial charge in [-0.25, -0.2) is 0 Å². The minimum absolute atomic E-state index is 0.0383. The summed E-state index contributed by atoms with van der Waals surface area (Å²) in [6, 6.07) is 23.5. The molecule has 5 nitrogen and oxygen atoms in total. The number of ketones is 1. The van der Waals surface area contributed by atoms with Gasteiger partial charge in [-0.05, 0) is 54.3 Å². The second kappa shape index (κ2) is 9.62. The Balaban J connectivity index is 1.56. The van der Waals surface area contributed by atoms with Crippen LogP contribution >= 0.6 is 0 Å². The number of anilines is 1. The van der Waals surface area contributed by atoms with E-state index in [-0.39, 0.29) is 17.4 Å². The van der Waals surface area contributed by atoms with Gasteiger partial charge in [0.2, 0.25) is 5.91 Å². The first-order valence-corrected chi connectivity index (χ1v) is 10.7. The SMILES string of the molecule is CC(=O)c1cccc(NC(=O)C(c2ccccc2)N2CC=C(c3ccc(O)cc3)CC2)c1. The maximum atomic E-state index is 13.4. The number of nitrogens with zero attached hydrogens (tertiary/aromatic N) is 1. The summed E-state index contributed by atoms with van der Waals surface area (Å²) >= 11 is 0. The molecular weight excluding hydrogens is 400 g/mol. The van der Waals surface area contributed by atoms with Crippen LogP contribution in [-0.4, -0.2) is 34.8 Å². The third kappa shape index (κ3) is 4.95. The van der Waals surface area contributed by atoms with Gasteiger partial charge in [-0.1, -0.05) is 60.7 Å². The lowest BCUT2D eigenvalue weighted by molar-refractivity contribution is -0.121. The standard InChI is InChI=1S/C27H26N2O3/c1-19(30)23-8-5-9-24(18-23)28-27(32)26(22-6-3-2-4-7-22)29-16-14-21(15-17-29)20-10-12-25(31)13-11-20/h2-14,18,26,31H,15-17H2,1H3,(H,28,32). The molecule has 162 valence electrons. The highest BCUT2D eigenvalue weighted by Crippen LogP contribution is 2.30. The average molecular weight is 427 g/mol. The number of phenolic OH excluding ortho intramolecular Hbond substituents is 1. The average Bonchev–Trinajstić information content (AvgIpc) is 2.81. The van der Waals surface area contributed by atoms with Crippen LogP contribution in [0.25, 0.3) is 5.57 Å². The summed E-state index contributed by atoms with van der Waals surface area (Å²) in [5.74, 6) is 0.0865. The Kier molecular flexibility index (Phi) is 6.47. The summed E-state index contributed by atoms with van der Waals surface area (Å²) in [6.07, 6.45) is 2.96. The molecule has 0 aromatic heterocycles. The second-order valence-corrected chi connectivity index (χ2v) is 7.96. The van der Waals surface area contributed by atoms with Gasteiger partial charge < -0.3 is 10.4 Å². The molecule has 32 heavy (non-hydrogen) atoms. The lowest BCUT2D eigenvalue weighted by Crippen LogP contribution is -2.39. The molecule has 2 N–H and O–H groups in total. The van der Waals surface area contributed by atoms with Crippen LogP contribution in [0, 0.1) is 0 Å². The number of hydrogen-bond acceptors (Lipinski definition) is 4. The minimum Gasteiger partial charge on any atom is -0.508 e. The van der Waals surface area contributed by atoms with E-state index in [2.05, 4.69) is 16.3 Å². The van der Waals surface area contributed by atoms with Crippen LogP contribution in [0.2, 0.25) is 0 Å². The Hall–Kier alpha value is -3.70. The first-order chi connectivity index (χ1) is 15.5. The normalized spacial score (nSPS) is 15.0. The second-order valence-electron chi connectivity index (χ2n) is 7.96. The van der Waals surface area contributed by atoms with Gasteiger partial charge in [-0.15, -0.1) is 0 Å². The smallest absolute Gasteiger partial charge is 0.246 e. The Bertz CT molecular complexity index is 1140. The molecule has 0 saturated heterocycles. The van der Waals surface area contributed by atoms with E-state index >= 15 is 0 Å². The number of carbonyl (C=O) groups is 2. The molecule has 0 radical (unpaired) electrons. The van der Waals surface area contributed by atoms with E-state index in [0.717, 1.165) is 24.1 Å². The Morgan fingerprint density at radius 1 is 0.969 bits per heavy atom. The molecule has 3 aromatic carbocycles. The first kappa shape index (κ1) is 21.5. The molecule has 1 amide bonds. The highest BCUT2D eigenvalue weighted by molar-refractivity contribution is 5.98. The molecule has 1 atom stereocenters. The maximum absolute atomic E-state index is 13.4. The minimum atomic E-state index is -0.449. The Morgan fingerprint density at radius 3 is 2.38 bits per heavy atom. The van der Waals surface area contributed by atoms with E-state index in [4.69, 9.17) is 0 Å². The summed E-state index contributed by atoms with van der Waals surface area (Å²) < 4.78 is 0. The lowest BCUT2D eigenvalue weighted by atomic mass is 9.96. The maximum Gasteiger partial charge on any atom is 0.246 e. The van der Waals surface area contributed by atoms with Gasteiger partial charge in [0.1, 0.15) is 11.8 Å². The zero-order valence-electron chi connectivity index (χ0n) is 18.0. The van der Waals surface area contributed by atoms with Gasteiger partial charge in [0.25, 0.3) is 0 Å². The van der Waals surface area contributed by atoms with Crippen LogP contribution in [0.1, 0.15) is 40.9 Å². The van der Waals surface area contributed by atoms with Crippen LogP contribution in [0.4, 0.5) is 5.69 Å².